The highest BCUT2D eigenvalue weighted by Gasteiger charge is 2.13. The number of ether oxygens (including phenoxy) is 1. The van der Waals surface area contributed by atoms with Crippen molar-refractivity contribution in [3.8, 4) is 5.75 Å². The predicted octanol–water partition coefficient (Wildman–Crippen LogP) is 3.28. The summed E-state index contributed by atoms with van der Waals surface area (Å²) >= 11 is 6.20. The highest BCUT2D eigenvalue weighted by atomic mass is 35.5. The molecule has 2 nitrogen and oxygen atoms in total. The van der Waals surface area contributed by atoms with E-state index >= 15 is 0 Å². The SMILES string of the molecule is COc1cc(C)c(Cl)c(C)c1CC(C)N.Cl. The van der Waals surface area contributed by atoms with Crippen molar-refractivity contribution in [1.29, 1.82) is 0 Å². The number of benzene rings is 1. The largest absolute Gasteiger partial charge is 0.496 e. The number of halogens is 2. The lowest BCUT2D eigenvalue weighted by atomic mass is 9.98. The van der Waals surface area contributed by atoms with Gasteiger partial charge in [-0.3, -0.25) is 0 Å². The first kappa shape index (κ1) is 15.6. The smallest absolute Gasteiger partial charge is 0.122 e. The van der Waals surface area contributed by atoms with E-state index in [4.69, 9.17) is 22.1 Å². The van der Waals surface area contributed by atoms with Crippen LogP contribution in [-0.4, -0.2) is 13.2 Å². The van der Waals surface area contributed by atoms with Crippen LogP contribution in [0, 0.1) is 13.8 Å². The average molecular weight is 264 g/mol. The molecule has 1 rings (SSSR count). The zero-order chi connectivity index (χ0) is 11.6. The maximum atomic E-state index is 6.20. The van der Waals surface area contributed by atoms with Gasteiger partial charge < -0.3 is 10.5 Å². The molecule has 0 amide bonds. The summed E-state index contributed by atoms with van der Waals surface area (Å²) in [6, 6.07) is 2.07. The summed E-state index contributed by atoms with van der Waals surface area (Å²) in [6.07, 6.45) is 0.787. The van der Waals surface area contributed by atoms with E-state index in [1.165, 1.54) is 0 Å². The van der Waals surface area contributed by atoms with Gasteiger partial charge in [0, 0.05) is 16.6 Å². The molecule has 0 aromatic heterocycles. The van der Waals surface area contributed by atoms with E-state index in [1.54, 1.807) is 7.11 Å². The lowest BCUT2D eigenvalue weighted by Crippen LogP contribution is -2.19. The Hall–Kier alpha value is -0.440. The van der Waals surface area contributed by atoms with Gasteiger partial charge in [-0.2, -0.15) is 0 Å². The van der Waals surface area contributed by atoms with Gasteiger partial charge in [0.15, 0.2) is 0 Å². The maximum Gasteiger partial charge on any atom is 0.122 e. The van der Waals surface area contributed by atoms with E-state index in [1.807, 2.05) is 26.8 Å². The fourth-order valence-electron chi connectivity index (χ4n) is 1.72. The second-order valence-corrected chi connectivity index (χ2v) is 4.37. The fraction of sp³-hybridized carbons (Fsp3) is 0.500. The molecule has 0 bridgehead atoms. The van der Waals surface area contributed by atoms with E-state index in [9.17, 15) is 0 Å². The lowest BCUT2D eigenvalue weighted by Gasteiger charge is -2.16. The van der Waals surface area contributed by atoms with Crippen LogP contribution in [0.25, 0.3) is 0 Å². The zero-order valence-corrected chi connectivity index (χ0v) is 11.7. The highest BCUT2D eigenvalue weighted by Crippen LogP contribution is 2.32. The number of hydrogen-bond acceptors (Lipinski definition) is 2. The van der Waals surface area contributed by atoms with E-state index in [0.717, 1.165) is 33.9 Å². The van der Waals surface area contributed by atoms with Crippen LogP contribution in [0.2, 0.25) is 5.02 Å². The van der Waals surface area contributed by atoms with E-state index in [0.29, 0.717) is 0 Å². The minimum absolute atomic E-state index is 0. The lowest BCUT2D eigenvalue weighted by molar-refractivity contribution is 0.407. The molecule has 0 aliphatic rings. The van der Waals surface area contributed by atoms with Crippen LogP contribution < -0.4 is 10.5 Å². The van der Waals surface area contributed by atoms with Gasteiger partial charge in [-0.15, -0.1) is 12.4 Å². The normalized spacial score (nSPS) is 11.9. The summed E-state index contributed by atoms with van der Waals surface area (Å²) in [5.74, 6) is 0.881. The van der Waals surface area contributed by atoms with E-state index in [-0.39, 0.29) is 18.4 Å². The molecule has 0 radical (unpaired) electrons. The summed E-state index contributed by atoms with van der Waals surface area (Å²) in [7, 11) is 1.67. The first-order valence-corrected chi connectivity index (χ1v) is 5.43. The van der Waals surface area contributed by atoms with Crippen molar-refractivity contribution in [2.24, 2.45) is 5.73 Å². The Bertz CT molecular complexity index is 365. The minimum atomic E-state index is 0. The van der Waals surface area contributed by atoms with Crippen LogP contribution in [-0.2, 0) is 6.42 Å². The molecule has 2 N–H and O–H groups in total. The van der Waals surface area contributed by atoms with Gasteiger partial charge in [0.05, 0.1) is 7.11 Å². The van der Waals surface area contributed by atoms with Crippen LogP contribution >= 0.6 is 24.0 Å². The third-order valence-electron chi connectivity index (χ3n) is 2.52. The Balaban J connectivity index is 0.00000225. The molecule has 1 unspecified atom stereocenters. The van der Waals surface area contributed by atoms with Crippen molar-refractivity contribution in [3.05, 3.63) is 27.8 Å². The number of hydrogen-bond donors (Lipinski definition) is 1. The second-order valence-electron chi connectivity index (χ2n) is 3.99. The van der Waals surface area contributed by atoms with Crippen molar-refractivity contribution in [2.45, 2.75) is 33.2 Å². The van der Waals surface area contributed by atoms with Gasteiger partial charge in [-0.05, 0) is 44.4 Å². The Kier molecular flexibility index (Phi) is 6.16. The molecule has 0 heterocycles. The quantitative estimate of drug-likeness (QED) is 0.909. The number of methoxy groups -OCH3 is 1. The first-order valence-electron chi connectivity index (χ1n) is 5.05. The molecule has 1 aromatic rings. The number of rotatable bonds is 3. The minimum Gasteiger partial charge on any atom is -0.496 e. The van der Waals surface area contributed by atoms with Crippen molar-refractivity contribution >= 4 is 24.0 Å². The van der Waals surface area contributed by atoms with Crippen molar-refractivity contribution < 1.29 is 4.74 Å². The molecule has 0 saturated heterocycles. The second kappa shape index (κ2) is 6.33. The molecule has 0 spiro atoms. The molecule has 0 saturated carbocycles. The van der Waals surface area contributed by atoms with Gasteiger partial charge in [0.2, 0.25) is 0 Å². The summed E-state index contributed by atoms with van der Waals surface area (Å²) in [5, 5.41) is 0.812. The maximum absolute atomic E-state index is 6.20. The van der Waals surface area contributed by atoms with Crippen molar-refractivity contribution in [3.63, 3.8) is 0 Å². The van der Waals surface area contributed by atoms with Crippen molar-refractivity contribution in [2.75, 3.05) is 7.11 Å². The van der Waals surface area contributed by atoms with Gasteiger partial charge in [-0.1, -0.05) is 11.6 Å². The van der Waals surface area contributed by atoms with Crippen LogP contribution in [0.4, 0.5) is 0 Å². The first-order chi connectivity index (χ1) is 6.97. The number of nitrogens with two attached hydrogens (primary N) is 1. The topological polar surface area (TPSA) is 35.2 Å². The zero-order valence-electron chi connectivity index (χ0n) is 10.1. The summed E-state index contributed by atoms with van der Waals surface area (Å²) in [6.45, 7) is 5.97. The molecule has 16 heavy (non-hydrogen) atoms. The molecule has 92 valence electrons. The van der Waals surface area contributed by atoms with E-state index in [2.05, 4.69) is 0 Å². The van der Waals surface area contributed by atoms with E-state index < -0.39 is 0 Å². The standard InChI is InChI=1S/C12H18ClNO.ClH/c1-7-5-11(15-4)10(6-8(2)14)9(3)12(7)13;/h5,8H,6,14H2,1-4H3;1H. The van der Waals surface area contributed by atoms with Gasteiger partial charge >= 0.3 is 0 Å². The van der Waals surface area contributed by atoms with Crippen molar-refractivity contribution in [1.82, 2.24) is 0 Å². The number of aryl methyl sites for hydroxylation is 1. The Morgan fingerprint density at radius 1 is 1.44 bits per heavy atom. The summed E-state index contributed by atoms with van der Waals surface area (Å²) < 4.78 is 5.35. The van der Waals surface area contributed by atoms with Crippen LogP contribution in [0.15, 0.2) is 6.07 Å². The molecule has 1 atom stereocenters. The highest BCUT2D eigenvalue weighted by molar-refractivity contribution is 6.32. The van der Waals surface area contributed by atoms with Gasteiger partial charge in [0.25, 0.3) is 0 Å². The molecule has 0 aliphatic heterocycles. The molecule has 0 aliphatic carbocycles. The fourth-order valence-corrected chi connectivity index (χ4v) is 1.89. The van der Waals surface area contributed by atoms with Crippen LogP contribution in [0.5, 0.6) is 5.75 Å². The Labute approximate surface area is 109 Å². The van der Waals surface area contributed by atoms with Crippen LogP contribution in [0.3, 0.4) is 0 Å². The van der Waals surface area contributed by atoms with Gasteiger partial charge in [0.1, 0.15) is 5.75 Å². The van der Waals surface area contributed by atoms with Crippen LogP contribution in [0.1, 0.15) is 23.6 Å². The molecular formula is C12H19Cl2NO. The Morgan fingerprint density at radius 2 is 2.00 bits per heavy atom. The molecule has 1 aromatic carbocycles. The predicted molar refractivity (Wildman–Crippen MR) is 72.1 cm³/mol. The third-order valence-corrected chi connectivity index (χ3v) is 3.10. The molecule has 0 fully saturated rings. The Morgan fingerprint density at radius 3 is 2.44 bits per heavy atom. The third kappa shape index (κ3) is 3.27. The average Bonchev–Trinajstić information content (AvgIpc) is 2.18. The molecule has 4 heteroatoms. The summed E-state index contributed by atoms with van der Waals surface area (Å²) in [5.41, 5.74) is 9.04. The summed E-state index contributed by atoms with van der Waals surface area (Å²) in [4.78, 5) is 0. The molecular weight excluding hydrogens is 245 g/mol. The monoisotopic (exact) mass is 263 g/mol. The van der Waals surface area contributed by atoms with Gasteiger partial charge in [-0.25, -0.2) is 0 Å².